The number of nitrogens with one attached hydrogen (secondary N) is 1. The molecule has 2 rings (SSSR count). The number of nitrogens with zero attached hydrogens (tertiary/aromatic N) is 2. The Hall–Kier alpha value is -2.01. The van der Waals surface area contributed by atoms with Crippen molar-refractivity contribution < 1.29 is 9.59 Å². The molecule has 0 bridgehead atoms. The van der Waals surface area contributed by atoms with Gasteiger partial charge in [-0.1, -0.05) is 13.8 Å². The van der Waals surface area contributed by atoms with Crippen molar-refractivity contribution in [3.05, 3.63) is 40.9 Å². The third kappa shape index (κ3) is 3.36. The maximum Gasteiger partial charge on any atom is 0.211 e. The van der Waals surface area contributed by atoms with E-state index >= 15 is 0 Å². The Morgan fingerprint density at radius 2 is 1.90 bits per heavy atom. The summed E-state index contributed by atoms with van der Waals surface area (Å²) in [5, 5.41) is 3.08. The van der Waals surface area contributed by atoms with E-state index in [9.17, 15) is 9.59 Å². The number of Topliss-reactive ketones (excluding diaryl/α,β-unsaturated/α-hetero) is 1. The maximum atomic E-state index is 12.4. The molecule has 112 valence electrons. The Kier molecular flexibility index (Phi) is 4.85. The zero-order valence-corrected chi connectivity index (χ0v) is 12.8. The fourth-order valence-electron chi connectivity index (χ4n) is 2.38. The molecular weight excluding hydrogens is 266 g/mol. The number of hydrogen-bond acceptors (Lipinski definition) is 5. The number of fused-ring (bicyclic) bond motifs is 1. The lowest BCUT2D eigenvalue weighted by Crippen LogP contribution is -2.34. The van der Waals surface area contributed by atoms with Crippen LogP contribution in [0.1, 0.15) is 40.3 Å². The molecule has 21 heavy (non-hydrogen) atoms. The van der Waals surface area contributed by atoms with Gasteiger partial charge in [0.05, 0.1) is 11.3 Å². The van der Waals surface area contributed by atoms with E-state index in [4.69, 9.17) is 0 Å². The summed E-state index contributed by atoms with van der Waals surface area (Å²) in [6, 6.07) is 1.67. The van der Waals surface area contributed by atoms with Crippen LogP contribution in [0.3, 0.4) is 0 Å². The number of rotatable bonds is 6. The van der Waals surface area contributed by atoms with Crippen molar-refractivity contribution >= 4 is 11.6 Å². The Morgan fingerprint density at radius 1 is 1.19 bits per heavy atom. The molecular formula is C16H21N3O2. The van der Waals surface area contributed by atoms with Gasteiger partial charge >= 0.3 is 0 Å². The Bertz CT molecular complexity index is 589. The third-order valence-corrected chi connectivity index (χ3v) is 3.71. The number of aryl methyl sites for hydroxylation is 1. The van der Waals surface area contributed by atoms with Gasteiger partial charge in [0.25, 0.3) is 0 Å². The van der Waals surface area contributed by atoms with Crippen molar-refractivity contribution in [1.29, 1.82) is 0 Å². The summed E-state index contributed by atoms with van der Waals surface area (Å²) in [6.45, 7) is 9.42. The van der Waals surface area contributed by atoms with Crippen molar-refractivity contribution in [3.63, 3.8) is 0 Å². The summed E-state index contributed by atoms with van der Waals surface area (Å²) in [5.41, 5.74) is 1.94. The summed E-state index contributed by atoms with van der Waals surface area (Å²) >= 11 is 0. The second-order valence-electron chi connectivity index (χ2n) is 5.08. The lowest BCUT2D eigenvalue weighted by Gasteiger charge is -2.20. The number of aromatic nitrogens is 1. The first-order chi connectivity index (χ1) is 10.1. The van der Waals surface area contributed by atoms with Crippen LogP contribution in [0, 0.1) is 6.92 Å². The minimum absolute atomic E-state index is 0.138. The quantitative estimate of drug-likeness (QED) is 0.861. The summed E-state index contributed by atoms with van der Waals surface area (Å²) in [6.07, 6.45) is 2.89. The van der Waals surface area contributed by atoms with Gasteiger partial charge in [-0.05, 0) is 26.1 Å². The summed E-state index contributed by atoms with van der Waals surface area (Å²) < 4.78 is 0. The molecule has 0 unspecified atom stereocenters. The van der Waals surface area contributed by atoms with Crippen LogP contribution in [-0.4, -0.2) is 47.6 Å². The molecule has 0 saturated heterocycles. The average molecular weight is 287 g/mol. The van der Waals surface area contributed by atoms with Crippen LogP contribution in [0.15, 0.2) is 24.0 Å². The zero-order chi connectivity index (χ0) is 15.4. The molecule has 1 N–H and O–H groups in total. The largest absolute Gasteiger partial charge is 0.380 e. The highest BCUT2D eigenvalue weighted by Crippen LogP contribution is 2.19. The van der Waals surface area contributed by atoms with E-state index in [-0.39, 0.29) is 11.6 Å². The van der Waals surface area contributed by atoms with Gasteiger partial charge < -0.3 is 10.2 Å². The average Bonchev–Trinajstić information content (AvgIpc) is 2.48. The van der Waals surface area contributed by atoms with Gasteiger partial charge in [0, 0.05) is 36.6 Å². The number of carbonyl (C=O) groups is 2. The first-order valence-corrected chi connectivity index (χ1v) is 7.30. The highest BCUT2D eigenvalue weighted by molar-refractivity contribution is 6.24. The van der Waals surface area contributed by atoms with Gasteiger partial charge in [-0.25, -0.2) is 0 Å². The van der Waals surface area contributed by atoms with Crippen LogP contribution in [-0.2, 0) is 0 Å². The van der Waals surface area contributed by atoms with Gasteiger partial charge in [0.2, 0.25) is 5.78 Å². The zero-order valence-electron chi connectivity index (χ0n) is 12.8. The molecule has 0 aromatic carbocycles. The molecule has 1 aromatic rings. The Labute approximate surface area is 125 Å². The predicted molar refractivity (Wildman–Crippen MR) is 81.5 cm³/mol. The summed E-state index contributed by atoms with van der Waals surface area (Å²) in [5.74, 6) is -0.294. The molecule has 0 fully saturated rings. The van der Waals surface area contributed by atoms with E-state index in [0.29, 0.717) is 23.4 Å². The fraction of sp³-hybridized carbons (Fsp3) is 0.438. The number of allylic oxidation sites excluding steroid dienone is 2. The molecule has 1 heterocycles. The van der Waals surface area contributed by atoms with Crippen LogP contribution in [0.25, 0.3) is 0 Å². The Balaban J connectivity index is 2.08. The third-order valence-electron chi connectivity index (χ3n) is 3.71. The van der Waals surface area contributed by atoms with Crippen LogP contribution in [0.4, 0.5) is 0 Å². The normalized spacial score (nSPS) is 14.2. The first-order valence-electron chi connectivity index (χ1n) is 7.30. The van der Waals surface area contributed by atoms with Crippen molar-refractivity contribution in [1.82, 2.24) is 15.2 Å². The van der Waals surface area contributed by atoms with E-state index in [1.54, 1.807) is 13.0 Å². The molecule has 0 amide bonds. The molecule has 0 atom stereocenters. The van der Waals surface area contributed by atoms with Crippen molar-refractivity contribution in [2.24, 2.45) is 0 Å². The SMILES string of the molecule is CCN(CC)CCNC1=CC(=O)c2cc(C)ncc2C1=O. The molecule has 0 saturated carbocycles. The van der Waals surface area contributed by atoms with Crippen LogP contribution >= 0.6 is 0 Å². The van der Waals surface area contributed by atoms with E-state index in [1.807, 2.05) is 0 Å². The minimum atomic E-state index is -0.156. The maximum absolute atomic E-state index is 12.4. The standard InChI is InChI=1S/C16H21N3O2/c1-4-19(5-2)7-6-17-14-9-15(20)12-8-11(3)18-10-13(12)16(14)21/h8-10,17H,4-7H2,1-3H3. The minimum Gasteiger partial charge on any atom is -0.380 e. The molecule has 1 aromatic heterocycles. The van der Waals surface area contributed by atoms with Crippen LogP contribution < -0.4 is 5.32 Å². The first kappa shape index (κ1) is 15.4. The molecule has 1 aliphatic rings. The number of ketones is 2. The molecule has 1 aliphatic carbocycles. The summed E-state index contributed by atoms with van der Waals surface area (Å²) in [7, 11) is 0. The molecule has 0 aliphatic heterocycles. The van der Waals surface area contributed by atoms with E-state index in [1.165, 1.54) is 12.3 Å². The molecule has 0 spiro atoms. The fourth-order valence-corrected chi connectivity index (χ4v) is 2.38. The topological polar surface area (TPSA) is 62.3 Å². The highest BCUT2D eigenvalue weighted by Gasteiger charge is 2.25. The molecule has 5 heteroatoms. The van der Waals surface area contributed by atoms with Crippen molar-refractivity contribution in [3.8, 4) is 0 Å². The molecule has 5 nitrogen and oxygen atoms in total. The second-order valence-corrected chi connectivity index (χ2v) is 5.08. The highest BCUT2D eigenvalue weighted by atomic mass is 16.1. The Morgan fingerprint density at radius 3 is 2.57 bits per heavy atom. The molecule has 0 radical (unpaired) electrons. The van der Waals surface area contributed by atoms with Gasteiger partial charge in [0.1, 0.15) is 0 Å². The van der Waals surface area contributed by atoms with Crippen LogP contribution in [0.2, 0.25) is 0 Å². The summed E-state index contributed by atoms with van der Waals surface area (Å²) in [4.78, 5) is 30.8. The smallest absolute Gasteiger partial charge is 0.211 e. The van der Waals surface area contributed by atoms with Gasteiger partial charge in [0.15, 0.2) is 5.78 Å². The van der Waals surface area contributed by atoms with Crippen molar-refractivity contribution in [2.75, 3.05) is 26.2 Å². The van der Waals surface area contributed by atoms with Crippen molar-refractivity contribution in [2.45, 2.75) is 20.8 Å². The van der Waals surface area contributed by atoms with E-state index in [0.717, 1.165) is 25.3 Å². The van der Waals surface area contributed by atoms with E-state index < -0.39 is 0 Å². The lowest BCUT2D eigenvalue weighted by molar-refractivity contribution is 0.0977. The van der Waals surface area contributed by atoms with Crippen LogP contribution in [0.5, 0.6) is 0 Å². The predicted octanol–water partition coefficient (Wildman–Crippen LogP) is 1.58. The number of likely N-dealkylation sites (N-methyl/N-ethyl adjacent to an activating group) is 1. The monoisotopic (exact) mass is 287 g/mol. The second kappa shape index (κ2) is 6.63. The number of hydrogen-bond donors (Lipinski definition) is 1. The van der Waals surface area contributed by atoms with Gasteiger partial charge in [-0.3, -0.25) is 14.6 Å². The van der Waals surface area contributed by atoms with E-state index in [2.05, 4.69) is 29.0 Å². The van der Waals surface area contributed by atoms with Gasteiger partial charge in [-0.2, -0.15) is 0 Å². The number of pyridine rings is 1. The lowest BCUT2D eigenvalue weighted by atomic mass is 9.94. The number of carbonyl (C=O) groups excluding carboxylic acids is 2. The van der Waals surface area contributed by atoms with Gasteiger partial charge in [-0.15, -0.1) is 0 Å².